The quantitative estimate of drug-likeness (QED) is 0.0647. The van der Waals surface area contributed by atoms with Crippen LogP contribution in [0.4, 0.5) is 0 Å². The van der Waals surface area contributed by atoms with Crippen LogP contribution < -0.4 is 31.3 Å². The average molecular weight is 547 g/mol. The summed E-state index contributed by atoms with van der Waals surface area (Å²) in [5.41, 5.74) is 0. The summed E-state index contributed by atoms with van der Waals surface area (Å²) in [4.78, 5) is 38.6. The van der Waals surface area contributed by atoms with E-state index in [4.69, 9.17) is 0 Å². The molecule has 3 atom stereocenters. The summed E-state index contributed by atoms with van der Waals surface area (Å²) in [5.74, 6) is -0.309. The first-order valence-electron chi connectivity index (χ1n) is 13.6. The number of amides is 3. The number of rotatable bonds is 17. The lowest BCUT2D eigenvalue weighted by molar-refractivity contribution is -0.126. The zero-order valence-corrected chi connectivity index (χ0v) is 24.2. The normalized spacial score (nSPS) is 21.9. The fourth-order valence-electron chi connectivity index (χ4n) is 4.44. The van der Waals surface area contributed by atoms with E-state index in [2.05, 4.69) is 56.8 Å². The summed E-state index contributed by atoms with van der Waals surface area (Å²) in [5, 5.41) is 15.8. The minimum atomic E-state index is -0.211. The second-order valence-electron chi connectivity index (χ2n) is 10.1. The predicted molar refractivity (Wildman–Crippen MR) is 153 cm³/mol. The van der Waals surface area contributed by atoms with Gasteiger partial charge in [0.2, 0.25) is 17.7 Å². The monoisotopic (exact) mass is 546 g/mol. The molecular weight excluding hydrogens is 496 g/mol. The number of carbonyl (C=O) groups excluding carboxylic acids is 3. The molecule has 1 rings (SSSR count). The van der Waals surface area contributed by atoms with Crippen LogP contribution in [0.3, 0.4) is 0 Å². The Hall–Kier alpha value is -1.01. The molecular formula is C25H50N6O3S2. The Bertz CT molecular complexity index is 627. The topological polar surface area (TPSA) is 123 Å². The summed E-state index contributed by atoms with van der Waals surface area (Å²) in [6.45, 7) is 6.91. The van der Waals surface area contributed by atoms with Gasteiger partial charge in [0.05, 0.1) is 0 Å². The van der Waals surface area contributed by atoms with Crippen molar-refractivity contribution in [1.29, 1.82) is 0 Å². The Labute approximate surface area is 227 Å². The van der Waals surface area contributed by atoms with E-state index in [0.717, 1.165) is 77.4 Å². The molecule has 0 aliphatic carbocycles. The zero-order valence-electron chi connectivity index (χ0n) is 22.5. The van der Waals surface area contributed by atoms with Crippen molar-refractivity contribution >= 4 is 40.4 Å². The molecule has 11 heteroatoms. The third kappa shape index (κ3) is 17.4. The second-order valence-corrected chi connectivity index (χ2v) is 11.1. The molecule has 0 bridgehead atoms. The van der Waals surface area contributed by atoms with Crippen molar-refractivity contribution in [3.05, 3.63) is 0 Å². The van der Waals surface area contributed by atoms with Crippen LogP contribution in [-0.4, -0.2) is 68.6 Å². The van der Waals surface area contributed by atoms with Crippen molar-refractivity contribution in [1.82, 2.24) is 31.3 Å². The highest BCUT2D eigenvalue weighted by Crippen LogP contribution is 2.13. The maximum Gasteiger partial charge on any atom is 0.222 e. The molecule has 0 spiro atoms. The van der Waals surface area contributed by atoms with Crippen molar-refractivity contribution in [3.8, 4) is 0 Å². The Balaban J connectivity index is 2.80. The van der Waals surface area contributed by atoms with Crippen LogP contribution in [0.25, 0.3) is 0 Å². The van der Waals surface area contributed by atoms with Crippen molar-refractivity contribution in [2.45, 2.75) is 115 Å². The fourth-order valence-corrected chi connectivity index (χ4v) is 4.95. The molecule has 3 unspecified atom stereocenters. The average Bonchev–Trinajstić information content (AvgIpc) is 2.80. The zero-order chi connectivity index (χ0) is 26.6. The molecule has 1 aliphatic rings. The number of carbonyl (C=O) groups is 3. The minimum absolute atomic E-state index is 0.0984. The summed E-state index contributed by atoms with van der Waals surface area (Å²) < 4.78 is 3.10. The van der Waals surface area contributed by atoms with Gasteiger partial charge in [-0.25, -0.2) is 0 Å². The van der Waals surface area contributed by atoms with E-state index in [9.17, 15) is 14.4 Å². The van der Waals surface area contributed by atoms with Crippen LogP contribution in [0.15, 0.2) is 0 Å². The van der Waals surface area contributed by atoms with Gasteiger partial charge in [0.1, 0.15) is 0 Å². The Morgan fingerprint density at radius 3 is 1.56 bits per heavy atom. The van der Waals surface area contributed by atoms with Crippen LogP contribution in [-0.2, 0) is 14.4 Å². The van der Waals surface area contributed by atoms with E-state index in [1.54, 1.807) is 0 Å². The van der Waals surface area contributed by atoms with Gasteiger partial charge in [-0.2, -0.15) is 0 Å². The van der Waals surface area contributed by atoms with E-state index in [-0.39, 0.29) is 55.1 Å². The largest absolute Gasteiger partial charge is 0.353 e. The fraction of sp³-hybridized carbons (Fsp3) is 0.880. The molecule has 0 aromatic heterocycles. The molecule has 1 saturated heterocycles. The molecule has 3 amide bonds. The van der Waals surface area contributed by atoms with Gasteiger partial charge in [0, 0.05) is 50.0 Å². The summed E-state index contributed by atoms with van der Waals surface area (Å²) in [6.07, 6.45) is 8.68. The van der Waals surface area contributed by atoms with Gasteiger partial charge in [0.15, 0.2) is 0 Å². The van der Waals surface area contributed by atoms with Crippen LogP contribution in [0.1, 0.15) is 90.9 Å². The van der Waals surface area contributed by atoms with E-state index in [1.165, 1.54) is 11.0 Å². The highest BCUT2D eigenvalue weighted by atomic mass is 33.1. The van der Waals surface area contributed by atoms with Crippen molar-refractivity contribution in [2.75, 3.05) is 26.7 Å². The number of hydrogen-bond acceptors (Lipinski definition) is 8. The molecule has 0 aromatic carbocycles. The van der Waals surface area contributed by atoms with Gasteiger partial charge in [-0.3, -0.25) is 19.1 Å². The summed E-state index contributed by atoms with van der Waals surface area (Å²) in [7, 11) is 3.22. The molecule has 210 valence electrons. The van der Waals surface area contributed by atoms with Gasteiger partial charge in [-0.15, -0.1) is 0 Å². The van der Waals surface area contributed by atoms with Gasteiger partial charge in [-0.05, 0) is 69.6 Å². The maximum atomic E-state index is 12.9. The first-order valence-corrected chi connectivity index (χ1v) is 15.5. The number of unbranched alkanes of at least 4 members (excludes halogenated alkanes) is 3. The minimum Gasteiger partial charge on any atom is -0.353 e. The van der Waals surface area contributed by atoms with Gasteiger partial charge in [-0.1, -0.05) is 44.8 Å². The standard InChI is InChI=1S/C25H50N6O3S2/c1-19(2)27-14-8-5-11-21-17-24(33)29-20(10-4-7-13-26-3)16-23(32)31-22(18-25(34)30-21)12-6-9-15-28-36-35/h19-22,26-28,35H,4-18H2,1-3H3,(H,29,33)(H,30,34)(H,31,32). The maximum absolute atomic E-state index is 12.9. The molecule has 9 nitrogen and oxygen atoms in total. The lowest BCUT2D eigenvalue weighted by atomic mass is 10.00. The van der Waals surface area contributed by atoms with Crippen molar-refractivity contribution < 1.29 is 14.4 Å². The van der Waals surface area contributed by atoms with Crippen molar-refractivity contribution in [2.24, 2.45) is 0 Å². The lowest BCUT2D eigenvalue weighted by Gasteiger charge is -2.26. The van der Waals surface area contributed by atoms with E-state index < -0.39 is 0 Å². The van der Waals surface area contributed by atoms with Crippen molar-refractivity contribution in [3.63, 3.8) is 0 Å². The van der Waals surface area contributed by atoms with E-state index >= 15 is 0 Å². The molecule has 0 radical (unpaired) electrons. The third-order valence-corrected chi connectivity index (χ3v) is 7.02. The first kappa shape index (κ1) is 33.0. The smallest absolute Gasteiger partial charge is 0.222 e. The molecule has 0 saturated carbocycles. The van der Waals surface area contributed by atoms with Crippen LogP contribution in [0.2, 0.25) is 0 Å². The van der Waals surface area contributed by atoms with Crippen LogP contribution in [0, 0.1) is 0 Å². The number of hydrogen-bond donors (Lipinski definition) is 7. The summed E-state index contributed by atoms with van der Waals surface area (Å²) >= 11 is 4.08. The first-order chi connectivity index (χ1) is 17.3. The Morgan fingerprint density at radius 2 is 1.17 bits per heavy atom. The van der Waals surface area contributed by atoms with Crippen LogP contribution in [0.5, 0.6) is 0 Å². The highest BCUT2D eigenvalue weighted by molar-refractivity contribution is 8.67. The Morgan fingerprint density at radius 1 is 0.750 bits per heavy atom. The van der Waals surface area contributed by atoms with E-state index in [1.807, 2.05) is 7.05 Å². The third-order valence-electron chi connectivity index (χ3n) is 6.30. The highest BCUT2D eigenvalue weighted by Gasteiger charge is 2.25. The molecule has 36 heavy (non-hydrogen) atoms. The SMILES string of the molecule is CNCCCCC1CC(=O)NC(CCCCNSS)CC(=O)NC(CCCCNC(C)C)CC(=O)N1. The number of nitrogens with one attached hydrogen (secondary N) is 6. The molecule has 1 fully saturated rings. The van der Waals surface area contributed by atoms with Crippen LogP contribution >= 0.6 is 22.6 Å². The molecule has 1 heterocycles. The summed E-state index contributed by atoms with van der Waals surface area (Å²) in [6, 6.07) is -0.162. The molecule has 0 aromatic rings. The predicted octanol–water partition coefficient (Wildman–Crippen LogP) is 2.44. The van der Waals surface area contributed by atoms with Gasteiger partial charge >= 0.3 is 0 Å². The number of thiol groups is 1. The lowest BCUT2D eigenvalue weighted by Crippen LogP contribution is -2.48. The second kappa shape index (κ2) is 21.0. The Kier molecular flexibility index (Phi) is 19.2. The van der Waals surface area contributed by atoms with Gasteiger partial charge < -0.3 is 26.6 Å². The molecule has 6 N–H and O–H groups in total. The van der Waals surface area contributed by atoms with E-state index in [0.29, 0.717) is 6.04 Å². The van der Waals surface area contributed by atoms with Gasteiger partial charge in [0.25, 0.3) is 0 Å². The molecule has 1 aliphatic heterocycles.